The van der Waals surface area contributed by atoms with E-state index in [9.17, 15) is 8.42 Å². The van der Waals surface area contributed by atoms with Crippen molar-refractivity contribution in [2.24, 2.45) is 0 Å². The fourth-order valence-corrected chi connectivity index (χ4v) is 3.09. The Morgan fingerprint density at radius 3 is 2.47 bits per heavy atom. The van der Waals surface area contributed by atoms with Gasteiger partial charge in [0.1, 0.15) is 0 Å². The van der Waals surface area contributed by atoms with Crippen LogP contribution in [0.3, 0.4) is 0 Å². The van der Waals surface area contributed by atoms with Crippen molar-refractivity contribution in [3.63, 3.8) is 0 Å². The molecule has 0 unspecified atom stereocenters. The molecule has 0 radical (unpaired) electrons. The topological polar surface area (TPSA) is 46.2 Å². The van der Waals surface area contributed by atoms with Gasteiger partial charge in [-0.1, -0.05) is 30.3 Å². The highest BCUT2D eigenvalue weighted by atomic mass is 35.5. The first-order valence-electron chi connectivity index (χ1n) is 5.66. The Balaban J connectivity index is 2.53. The molecule has 1 N–H and O–H groups in total. The molecule has 0 aromatic heterocycles. The van der Waals surface area contributed by atoms with Crippen molar-refractivity contribution in [1.29, 1.82) is 0 Å². The third-order valence-electron chi connectivity index (χ3n) is 2.45. The summed E-state index contributed by atoms with van der Waals surface area (Å²) in [6, 6.07) is 9.32. The van der Waals surface area contributed by atoms with Gasteiger partial charge in [0.25, 0.3) is 0 Å². The van der Waals surface area contributed by atoms with Crippen LogP contribution >= 0.6 is 11.6 Å². The van der Waals surface area contributed by atoms with E-state index in [1.165, 1.54) is 0 Å². The van der Waals surface area contributed by atoms with E-state index in [2.05, 4.69) is 4.72 Å². The van der Waals surface area contributed by atoms with Gasteiger partial charge in [0.05, 0.1) is 5.75 Å². The molecule has 17 heavy (non-hydrogen) atoms. The molecule has 0 saturated heterocycles. The third-order valence-corrected chi connectivity index (χ3v) is 4.26. The average Bonchev–Trinajstić information content (AvgIpc) is 2.30. The van der Waals surface area contributed by atoms with Crippen LogP contribution in [0, 0.1) is 0 Å². The Labute approximate surface area is 108 Å². The molecule has 0 aliphatic heterocycles. The van der Waals surface area contributed by atoms with Gasteiger partial charge in [-0.2, -0.15) is 0 Å². The number of unbranched alkanes of at least 4 members (excludes halogenated alkanes) is 1. The second kappa shape index (κ2) is 6.99. The molecule has 96 valence electrons. The predicted octanol–water partition coefficient (Wildman–Crippen LogP) is 2.69. The molecule has 1 atom stereocenters. The zero-order chi connectivity index (χ0) is 12.7. The first kappa shape index (κ1) is 14.5. The maximum Gasteiger partial charge on any atom is 0.212 e. The maximum absolute atomic E-state index is 11.7. The van der Waals surface area contributed by atoms with Crippen LogP contribution in [0.15, 0.2) is 30.3 Å². The molecule has 0 amide bonds. The lowest BCUT2D eigenvalue weighted by Crippen LogP contribution is -2.29. The van der Waals surface area contributed by atoms with Crippen molar-refractivity contribution >= 4 is 21.6 Å². The Bertz CT molecular complexity index is 419. The second-order valence-corrected chi connectivity index (χ2v) is 6.22. The quantitative estimate of drug-likeness (QED) is 0.614. The maximum atomic E-state index is 11.7. The molecule has 0 spiro atoms. The molecule has 1 aromatic rings. The van der Waals surface area contributed by atoms with E-state index in [0.717, 1.165) is 12.0 Å². The molecule has 0 aliphatic rings. The summed E-state index contributed by atoms with van der Waals surface area (Å²) in [6.07, 6.45) is 1.32. The molecule has 0 fully saturated rings. The Kier molecular flexibility index (Phi) is 5.95. The summed E-state index contributed by atoms with van der Waals surface area (Å²) < 4.78 is 26.1. The van der Waals surface area contributed by atoms with Crippen molar-refractivity contribution < 1.29 is 8.42 Å². The Morgan fingerprint density at radius 1 is 1.24 bits per heavy atom. The van der Waals surface area contributed by atoms with E-state index < -0.39 is 10.0 Å². The molecule has 0 saturated carbocycles. The minimum atomic E-state index is -3.21. The van der Waals surface area contributed by atoms with Crippen LogP contribution in [-0.4, -0.2) is 20.1 Å². The highest BCUT2D eigenvalue weighted by molar-refractivity contribution is 7.89. The first-order valence-corrected chi connectivity index (χ1v) is 7.85. The van der Waals surface area contributed by atoms with Crippen molar-refractivity contribution in [2.75, 3.05) is 11.6 Å². The van der Waals surface area contributed by atoms with E-state index in [1.807, 2.05) is 37.3 Å². The molecule has 5 heteroatoms. The lowest BCUT2D eigenvalue weighted by Gasteiger charge is -2.14. The smallest absolute Gasteiger partial charge is 0.212 e. The standard InChI is InChI=1S/C12H18ClNO2S/c1-11(12-7-3-2-4-8-12)14-17(15,16)10-6-5-9-13/h2-4,7-8,11,14H,5-6,9-10H2,1H3/t11-/m0/s1. The number of rotatable bonds is 7. The van der Waals surface area contributed by atoms with Crippen molar-refractivity contribution in [3.8, 4) is 0 Å². The summed E-state index contributed by atoms with van der Waals surface area (Å²) in [6.45, 7) is 1.84. The number of alkyl halides is 1. The van der Waals surface area contributed by atoms with Gasteiger partial charge in [0.2, 0.25) is 10.0 Å². The van der Waals surface area contributed by atoms with Gasteiger partial charge in [-0.15, -0.1) is 11.6 Å². The normalized spacial score (nSPS) is 13.5. The van der Waals surface area contributed by atoms with Gasteiger partial charge >= 0.3 is 0 Å². The molecule has 0 bridgehead atoms. The highest BCUT2D eigenvalue weighted by Gasteiger charge is 2.14. The third kappa shape index (κ3) is 5.52. The van der Waals surface area contributed by atoms with Crippen LogP contribution < -0.4 is 4.72 Å². The first-order chi connectivity index (χ1) is 8.05. The Hall–Kier alpha value is -0.580. The summed E-state index contributed by atoms with van der Waals surface area (Å²) in [5.41, 5.74) is 0.966. The van der Waals surface area contributed by atoms with Gasteiger partial charge in [-0.05, 0) is 25.3 Å². The molecule has 0 aliphatic carbocycles. The number of nitrogens with one attached hydrogen (secondary N) is 1. The second-order valence-electron chi connectivity index (χ2n) is 3.97. The fraction of sp³-hybridized carbons (Fsp3) is 0.500. The Morgan fingerprint density at radius 2 is 1.88 bits per heavy atom. The van der Waals surface area contributed by atoms with Crippen LogP contribution in [0.5, 0.6) is 0 Å². The van der Waals surface area contributed by atoms with Gasteiger partial charge < -0.3 is 0 Å². The van der Waals surface area contributed by atoms with Crippen LogP contribution in [0.25, 0.3) is 0 Å². The largest absolute Gasteiger partial charge is 0.212 e. The number of benzene rings is 1. The monoisotopic (exact) mass is 275 g/mol. The highest BCUT2D eigenvalue weighted by Crippen LogP contribution is 2.12. The number of hydrogen-bond donors (Lipinski definition) is 1. The molecule has 1 aromatic carbocycles. The van der Waals surface area contributed by atoms with Crippen LogP contribution in [0.1, 0.15) is 31.4 Å². The zero-order valence-corrected chi connectivity index (χ0v) is 11.5. The van der Waals surface area contributed by atoms with Crippen LogP contribution in [-0.2, 0) is 10.0 Å². The van der Waals surface area contributed by atoms with Crippen molar-refractivity contribution in [3.05, 3.63) is 35.9 Å². The van der Waals surface area contributed by atoms with Gasteiger partial charge in [0.15, 0.2) is 0 Å². The lowest BCUT2D eigenvalue weighted by molar-refractivity contribution is 0.564. The number of hydrogen-bond acceptors (Lipinski definition) is 2. The van der Waals surface area contributed by atoms with Gasteiger partial charge in [-0.3, -0.25) is 0 Å². The minimum Gasteiger partial charge on any atom is -0.212 e. The minimum absolute atomic E-state index is 0.136. The van der Waals surface area contributed by atoms with Crippen LogP contribution in [0.2, 0.25) is 0 Å². The fourth-order valence-electron chi connectivity index (χ4n) is 1.52. The van der Waals surface area contributed by atoms with E-state index >= 15 is 0 Å². The van der Waals surface area contributed by atoms with E-state index in [4.69, 9.17) is 11.6 Å². The molecule has 0 heterocycles. The molecule has 3 nitrogen and oxygen atoms in total. The lowest BCUT2D eigenvalue weighted by atomic mass is 10.1. The van der Waals surface area contributed by atoms with E-state index in [0.29, 0.717) is 12.3 Å². The van der Waals surface area contributed by atoms with E-state index in [-0.39, 0.29) is 11.8 Å². The summed E-state index contributed by atoms with van der Waals surface area (Å²) >= 11 is 5.52. The number of halogens is 1. The summed E-state index contributed by atoms with van der Waals surface area (Å²) in [5, 5.41) is 0. The summed E-state index contributed by atoms with van der Waals surface area (Å²) in [4.78, 5) is 0. The van der Waals surface area contributed by atoms with Crippen LogP contribution in [0.4, 0.5) is 0 Å². The predicted molar refractivity (Wildman–Crippen MR) is 71.7 cm³/mol. The SMILES string of the molecule is C[C@H](NS(=O)(=O)CCCCCl)c1ccccc1. The molecular weight excluding hydrogens is 258 g/mol. The van der Waals surface area contributed by atoms with E-state index in [1.54, 1.807) is 0 Å². The van der Waals surface area contributed by atoms with Gasteiger partial charge in [0, 0.05) is 11.9 Å². The van der Waals surface area contributed by atoms with Gasteiger partial charge in [-0.25, -0.2) is 13.1 Å². The average molecular weight is 276 g/mol. The van der Waals surface area contributed by atoms with Crippen molar-refractivity contribution in [1.82, 2.24) is 4.72 Å². The summed E-state index contributed by atoms with van der Waals surface area (Å²) in [5.74, 6) is 0.640. The summed E-state index contributed by atoms with van der Waals surface area (Å²) in [7, 11) is -3.21. The molecule has 1 rings (SSSR count). The molecular formula is C12H18ClNO2S. The zero-order valence-electron chi connectivity index (χ0n) is 9.90. The number of sulfonamides is 1. The van der Waals surface area contributed by atoms with Crippen molar-refractivity contribution in [2.45, 2.75) is 25.8 Å².